The third kappa shape index (κ3) is 2.12. The molecular weight excluding hydrogens is 188 g/mol. The molecule has 1 heterocycles. The Morgan fingerprint density at radius 1 is 1.60 bits per heavy atom. The summed E-state index contributed by atoms with van der Waals surface area (Å²) in [4.78, 5) is 6.69. The molecule has 2 rings (SSSR count). The van der Waals surface area contributed by atoms with Crippen molar-refractivity contribution in [2.75, 3.05) is 11.4 Å². The molecule has 0 amide bonds. The number of aliphatic hydroxyl groups is 1. The van der Waals surface area contributed by atoms with Crippen LogP contribution in [-0.4, -0.2) is 22.7 Å². The van der Waals surface area contributed by atoms with Crippen LogP contribution < -0.4 is 4.90 Å². The fraction of sp³-hybridized carbons (Fsp3) is 0.583. The highest BCUT2D eigenvalue weighted by atomic mass is 16.3. The zero-order chi connectivity index (χ0) is 10.8. The van der Waals surface area contributed by atoms with Gasteiger partial charge in [0.15, 0.2) is 0 Å². The lowest BCUT2D eigenvalue weighted by atomic mass is 10.1. The summed E-state index contributed by atoms with van der Waals surface area (Å²) in [5.74, 6) is 0.956. The number of anilines is 1. The number of hydrogen-bond acceptors (Lipinski definition) is 3. The fourth-order valence-electron chi connectivity index (χ4n) is 1.94. The lowest BCUT2D eigenvalue weighted by molar-refractivity contribution is 0.199. The number of pyridine rings is 1. The van der Waals surface area contributed by atoms with E-state index in [0.717, 1.165) is 17.9 Å². The number of hydrogen-bond donors (Lipinski definition) is 1. The standard InChI is InChI=1S/C12H18N2O/c1-3-14(10-6-7-10)12-11(9(2)15)5-4-8-13-12/h4-5,8-10,15H,3,6-7H2,1-2H3/t9-/m0/s1. The van der Waals surface area contributed by atoms with E-state index in [1.54, 1.807) is 13.1 Å². The van der Waals surface area contributed by atoms with Gasteiger partial charge in [-0.15, -0.1) is 0 Å². The predicted octanol–water partition coefficient (Wildman–Crippen LogP) is 2.12. The second-order valence-electron chi connectivity index (χ2n) is 4.11. The first-order valence-corrected chi connectivity index (χ1v) is 5.63. The van der Waals surface area contributed by atoms with Gasteiger partial charge < -0.3 is 10.0 Å². The Morgan fingerprint density at radius 3 is 2.87 bits per heavy atom. The lowest BCUT2D eigenvalue weighted by Crippen LogP contribution is -2.27. The Labute approximate surface area is 90.8 Å². The van der Waals surface area contributed by atoms with Gasteiger partial charge in [0.05, 0.1) is 6.10 Å². The Morgan fingerprint density at radius 2 is 2.33 bits per heavy atom. The molecule has 0 aliphatic heterocycles. The normalized spacial score (nSPS) is 17.5. The number of rotatable bonds is 4. The van der Waals surface area contributed by atoms with Crippen molar-refractivity contribution in [2.45, 2.75) is 38.8 Å². The lowest BCUT2D eigenvalue weighted by Gasteiger charge is -2.24. The van der Waals surface area contributed by atoms with Crippen LogP contribution in [0.5, 0.6) is 0 Å². The van der Waals surface area contributed by atoms with Crippen LogP contribution in [0.4, 0.5) is 5.82 Å². The van der Waals surface area contributed by atoms with Crippen LogP contribution in [0.25, 0.3) is 0 Å². The van der Waals surface area contributed by atoms with Crippen molar-refractivity contribution in [1.29, 1.82) is 0 Å². The molecule has 3 nitrogen and oxygen atoms in total. The maximum absolute atomic E-state index is 9.68. The summed E-state index contributed by atoms with van der Waals surface area (Å²) in [7, 11) is 0. The summed E-state index contributed by atoms with van der Waals surface area (Å²) in [6.07, 6.45) is 3.86. The molecule has 0 bridgehead atoms. The maximum atomic E-state index is 9.68. The molecule has 1 saturated carbocycles. The summed E-state index contributed by atoms with van der Waals surface area (Å²) in [5, 5.41) is 9.68. The molecule has 0 aromatic carbocycles. The number of aromatic nitrogens is 1. The smallest absolute Gasteiger partial charge is 0.134 e. The largest absolute Gasteiger partial charge is 0.389 e. The van der Waals surface area contributed by atoms with Crippen molar-refractivity contribution in [3.63, 3.8) is 0 Å². The second kappa shape index (κ2) is 4.19. The van der Waals surface area contributed by atoms with Crippen molar-refractivity contribution < 1.29 is 5.11 Å². The van der Waals surface area contributed by atoms with Gasteiger partial charge in [0.2, 0.25) is 0 Å². The highest BCUT2D eigenvalue weighted by molar-refractivity contribution is 5.49. The topological polar surface area (TPSA) is 36.4 Å². The molecule has 1 aliphatic rings. The predicted molar refractivity (Wildman–Crippen MR) is 60.9 cm³/mol. The molecule has 3 heteroatoms. The van der Waals surface area contributed by atoms with Gasteiger partial charge in [-0.1, -0.05) is 6.07 Å². The third-order valence-corrected chi connectivity index (χ3v) is 2.87. The van der Waals surface area contributed by atoms with Gasteiger partial charge >= 0.3 is 0 Å². The first kappa shape index (κ1) is 10.4. The average Bonchev–Trinajstić information content (AvgIpc) is 3.04. The summed E-state index contributed by atoms with van der Waals surface area (Å²) >= 11 is 0. The van der Waals surface area contributed by atoms with Crippen LogP contribution in [0.2, 0.25) is 0 Å². The highest BCUT2D eigenvalue weighted by Crippen LogP contribution is 2.33. The van der Waals surface area contributed by atoms with Crippen molar-refractivity contribution in [3.05, 3.63) is 23.9 Å². The van der Waals surface area contributed by atoms with Gasteiger partial charge in [-0.2, -0.15) is 0 Å². The van der Waals surface area contributed by atoms with Crippen molar-refractivity contribution in [3.8, 4) is 0 Å². The van der Waals surface area contributed by atoms with E-state index in [-0.39, 0.29) is 0 Å². The van der Waals surface area contributed by atoms with Gasteiger partial charge in [-0.3, -0.25) is 0 Å². The number of aliphatic hydroxyl groups excluding tert-OH is 1. The third-order valence-electron chi connectivity index (χ3n) is 2.87. The zero-order valence-electron chi connectivity index (χ0n) is 9.35. The Balaban J connectivity index is 2.31. The zero-order valence-corrected chi connectivity index (χ0v) is 9.35. The Kier molecular flexibility index (Phi) is 2.91. The average molecular weight is 206 g/mol. The van der Waals surface area contributed by atoms with Crippen molar-refractivity contribution >= 4 is 5.82 Å². The highest BCUT2D eigenvalue weighted by Gasteiger charge is 2.30. The van der Waals surface area contributed by atoms with E-state index in [4.69, 9.17) is 0 Å². The van der Waals surface area contributed by atoms with Gasteiger partial charge in [0.1, 0.15) is 5.82 Å². The molecule has 1 aromatic rings. The Hall–Kier alpha value is -1.09. The van der Waals surface area contributed by atoms with E-state index in [9.17, 15) is 5.11 Å². The van der Waals surface area contributed by atoms with Gasteiger partial charge in [-0.25, -0.2) is 4.98 Å². The van der Waals surface area contributed by atoms with Gasteiger partial charge in [0.25, 0.3) is 0 Å². The maximum Gasteiger partial charge on any atom is 0.134 e. The minimum atomic E-state index is -0.443. The SMILES string of the molecule is CCN(c1ncccc1[C@H](C)O)C1CC1. The van der Waals surface area contributed by atoms with E-state index in [2.05, 4.69) is 16.8 Å². The van der Waals surface area contributed by atoms with E-state index in [1.807, 2.05) is 12.1 Å². The van der Waals surface area contributed by atoms with Crippen LogP contribution in [0.15, 0.2) is 18.3 Å². The minimum absolute atomic E-state index is 0.443. The van der Waals surface area contributed by atoms with Crippen LogP contribution in [-0.2, 0) is 0 Å². The van der Waals surface area contributed by atoms with E-state index < -0.39 is 6.10 Å². The monoisotopic (exact) mass is 206 g/mol. The first-order chi connectivity index (χ1) is 7.24. The van der Waals surface area contributed by atoms with Crippen LogP contribution >= 0.6 is 0 Å². The molecule has 82 valence electrons. The van der Waals surface area contributed by atoms with Gasteiger partial charge in [-0.05, 0) is 32.8 Å². The molecule has 1 aliphatic carbocycles. The van der Waals surface area contributed by atoms with Crippen molar-refractivity contribution in [2.24, 2.45) is 0 Å². The van der Waals surface area contributed by atoms with E-state index in [1.165, 1.54) is 12.8 Å². The first-order valence-electron chi connectivity index (χ1n) is 5.63. The molecule has 15 heavy (non-hydrogen) atoms. The molecule has 0 spiro atoms. The molecule has 0 unspecified atom stereocenters. The van der Waals surface area contributed by atoms with Crippen LogP contribution in [0.1, 0.15) is 38.4 Å². The molecule has 0 saturated heterocycles. The van der Waals surface area contributed by atoms with E-state index >= 15 is 0 Å². The number of nitrogens with zero attached hydrogens (tertiary/aromatic N) is 2. The van der Waals surface area contributed by atoms with E-state index in [0.29, 0.717) is 6.04 Å². The van der Waals surface area contributed by atoms with Crippen LogP contribution in [0, 0.1) is 0 Å². The molecule has 1 fully saturated rings. The minimum Gasteiger partial charge on any atom is -0.389 e. The molecule has 1 N–H and O–H groups in total. The second-order valence-corrected chi connectivity index (χ2v) is 4.11. The van der Waals surface area contributed by atoms with Crippen molar-refractivity contribution in [1.82, 2.24) is 4.98 Å². The fourth-order valence-corrected chi connectivity index (χ4v) is 1.94. The summed E-state index contributed by atoms with van der Waals surface area (Å²) in [6, 6.07) is 4.48. The molecule has 1 aromatic heterocycles. The quantitative estimate of drug-likeness (QED) is 0.819. The Bertz CT molecular complexity index is 334. The molecule has 1 atom stereocenters. The molecule has 0 radical (unpaired) electrons. The van der Waals surface area contributed by atoms with Gasteiger partial charge in [0, 0.05) is 24.3 Å². The molecular formula is C12H18N2O. The summed E-state index contributed by atoms with van der Waals surface area (Å²) < 4.78 is 0. The summed E-state index contributed by atoms with van der Waals surface area (Å²) in [5.41, 5.74) is 0.936. The summed E-state index contributed by atoms with van der Waals surface area (Å²) in [6.45, 7) is 4.89. The van der Waals surface area contributed by atoms with Crippen LogP contribution in [0.3, 0.4) is 0 Å².